The average molecular weight is 275 g/mol. The second kappa shape index (κ2) is 6.46. The summed E-state index contributed by atoms with van der Waals surface area (Å²) in [6.45, 7) is 6.73. The van der Waals surface area contributed by atoms with Gasteiger partial charge in [0, 0.05) is 19.1 Å². The molecule has 2 aliphatic rings. The van der Waals surface area contributed by atoms with Gasteiger partial charge in [-0.1, -0.05) is 12.1 Å². The van der Waals surface area contributed by atoms with Gasteiger partial charge in [0.15, 0.2) is 0 Å². The van der Waals surface area contributed by atoms with Crippen molar-refractivity contribution >= 4 is 5.69 Å². The number of nitrogens with zero attached hydrogens (tertiary/aromatic N) is 2. The van der Waals surface area contributed by atoms with Gasteiger partial charge < -0.3 is 10.5 Å². The molecule has 0 aromatic heterocycles. The normalized spacial score (nSPS) is 24.3. The predicted molar refractivity (Wildman–Crippen MR) is 82.0 cm³/mol. The van der Waals surface area contributed by atoms with Gasteiger partial charge >= 0.3 is 0 Å². The zero-order valence-corrected chi connectivity index (χ0v) is 12.1. The quantitative estimate of drug-likeness (QED) is 0.832. The van der Waals surface area contributed by atoms with E-state index in [9.17, 15) is 0 Å². The summed E-state index contributed by atoms with van der Waals surface area (Å²) in [6, 6.07) is 8.49. The van der Waals surface area contributed by atoms with Crippen LogP contribution in [-0.2, 0) is 0 Å². The smallest absolute Gasteiger partial charge is 0.142 e. The highest BCUT2D eigenvalue weighted by Crippen LogP contribution is 2.21. The van der Waals surface area contributed by atoms with Crippen molar-refractivity contribution < 1.29 is 4.74 Å². The first kappa shape index (κ1) is 13.7. The summed E-state index contributed by atoms with van der Waals surface area (Å²) in [6.07, 6.45) is 4.08. The number of likely N-dealkylation sites (tertiary alicyclic amines) is 2. The summed E-state index contributed by atoms with van der Waals surface area (Å²) in [5.74, 6) is 0.808. The molecule has 110 valence electrons. The highest BCUT2D eigenvalue weighted by molar-refractivity contribution is 5.51. The third-order valence-corrected chi connectivity index (χ3v) is 4.49. The molecule has 0 spiro atoms. The summed E-state index contributed by atoms with van der Waals surface area (Å²) in [7, 11) is 0. The van der Waals surface area contributed by atoms with Gasteiger partial charge in [-0.2, -0.15) is 0 Å². The Morgan fingerprint density at radius 1 is 1.15 bits per heavy atom. The molecular formula is C16H25N3O. The maximum atomic E-state index is 5.87. The van der Waals surface area contributed by atoms with Gasteiger partial charge in [-0.05, 0) is 51.0 Å². The van der Waals surface area contributed by atoms with Gasteiger partial charge in [0.2, 0.25) is 0 Å². The molecular weight excluding hydrogens is 250 g/mol. The van der Waals surface area contributed by atoms with Gasteiger partial charge in [-0.25, -0.2) is 0 Å². The summed E-state index contributed by atoms with van der Waals surface area (Å²) in [5, 5.41) is 0. The average Bonchev–Trinajstić information content (AvgIpc) is 3.11. The Labute approximate surface area is 121 Å². The molecule has 1 atom stereocenters. The molecule has 4 heteroatoms. The minimum absolute atomic E-state index is 0.723. The molecule has 1 aromatic carbocycles. The van der Waals surface area contributed by atoms with E-state index in [1.54, 1.807) is 0 Å². The molecule has 0 aliphatic carbocycles. The number of para-hydroxylation sites is 2. The Morgan fingerprint density at radius 2 is 1.95 bits per heavy atom. The van der Waals surface area contributed by atoms with E-state index in [2.05, 4.69) is 9.80 Å². The number of nitrogen functional groups attached to an aromatic ring is 1. The fraction of sp³-hybridized carbons (Fsp3) is 0.625. The predicted octanol–water partition coefficient (Wildman–Crippen LogP) is 1.82. The third kappa shape index (κ3) is 3.25. The van der Waals surface area contributed by atoms with Crippen LogP contribution < -0.4 is 10.5 Å². The molecule has 2 fully saturated rings. The van der Waals surface area contributed by atoms with Crippen LogP contribution in [0, 0.1) is 0 Å². The van der Waals surface area contributed by atoms with E-state index in [4.69, 9.17) is 10.5 Å². The lowest BCUT2D eigenvalue weighted by atomic mass is 10.2. The fourth-order valence-corrected chi connectivity index (χ4v) is 3.32. The first-order chi connectivity index (χ1) is 9.83. The zero-order valence-electron chi connectivity index (χ0n) is 12.1. The van der Waals surface area contributed by atoms with E-state index in [0.29, 0.717) is 0 Å². The summed E-state index contributed by atoms with van der Waals surface area (Å²) >= 11 is 0. The Kier molecular flexibility index (Phi) is 4.43. The van der Waals surface area contributed by atoms with Crippen molar-refractivity contribution in [1.82, 2.24) is 9.80 Å². The Morgan fingerprint density at radius 3 is 2.75 bits per heavy atom. The fourth-order valence-electron chi connectivity index (χ4n) is 3.32. The van der Waals surface area contributed by atoms with E-state index in [1.165, 1.54) is 45.4 Å². The van der Waals surface area contributed by atoms with Gasteiger partial charge in [0.25, 0.3) is 0 Å². The topological polar surface area (TPSA) is 41.7 Å². The lowest BCUT2D eigenvalue weighted by molar-refractivity contribution is 0.208. The third-order valence-electron chi connectivity index (χ3n) is 4.49. The number of benzene rings is 1. The van der Waals surface area contributed by atoms with Crippen LogP contribution in [0.4, 0.5) is 5.69 Å². The largest absolute Gasteiger partial charge is 0.490 e. The number of rotatable bonds is 5. The van der Waals surface area contributed by atoms with E-state index >= 15 is 0 Å². The Balaban J connectivity index is 1.40. The van der Waals surface area contributed by atoms with Crippen molar-refractivity contribution in [2.45, 2.75) is 25.3 Å². The van der Waals surface area contributed by atoms with Crippen LogP contribution in [0.5, 0.6) is 5.75 Å². The van der Waals surface area contributed by atoms with E-state index in [1.807, 2.05) is 24.3 Å². The molecule has 1 unspecified atom stereocenters. The summed E-state index contributed by atoms with van der Waals surface area (Å²) < 4.78 is 5.78. The van der Waals surface area contributed by atoms with Crippen molar-refractivity contribution in [3.63, 3.8) is 0 Å². The van der Waals surface area contributed by atoms with Crippen LogP contribution in [0.15, 0.2) is 24.3 Å². The van der Waals surface area contributed by atoms with Crippen LogP contribution in [0.1, 0.15) is 19.3 Å². The SMILES string of the molecule is Nc1ccccc1OCCN1CCC(N2CCCC2)C1. The van der Waals surface area contributed by atoms with E-state index in [0.717, 1.165) is 30.6 Å². The number of hydrogen-bond acceptors (Lipinski definition) is 4. The number of ether oxygens (including phenoxy) is 1. The summed E-state index contributed by atoms with van der Waals surface area (Å²) in [4.78, 5) is 5.18. The first-order valence-corrected chi connectivity index (χ1v) is 7.76. The van der Waals surface area contributed by atoms with E-state index < -0.39 is 0 Å². The molecule has 0 amide bonds. The molecule has 2 N–H and O–H groups in total. The second-order valence-corrected chi connectivity index (χ2v) is 5.87. The standard InChI is InChI=1S/C16H25N3O/c17-15-5-1-2-6-16(15)20-12-11-18-10-7-14(13-18)19-8-3-4-9-19/h1-2,5-6,14H,3-4,7-13,17H2. The first-order valence-electron chi connectivity index (χ1n) is 7.76. The molecule has 2 aliphatic heterocycles. The molecule has 20 heavy (non-hydrogen) atoms. The van der Waals surface area contributed by atoms with Gasteiger partial charge in [0.1, 0.15) is 12.4 Å². The molecule has 1 aromatic rings. The van der Waals surface area contributed by atoms with Gasteiger partial charge in [-0.15, -0.1) is 0 Å². The van der Waals surface area contributed by atoms with Crippen LogP contribution in [0.3, 0.4) is 0 Å². The zero-order chi connectivity index (χ0) is 13.8. The van der Waals surface area contributed by atoms with E-state index in [-0.39, 0.29) is 0 Å². The molecule has 0 saturated carbocycles. The summed E-state index contributed by atoms with van der Waals surface area (Å²) in [5.41, 5.74) is 6.60. The van der Waals surface area contributed by atoms with Crippen LogP contribution in [-0.4, -0.2) is 55.2 Å². The van der Waals surface area contributed by atoms with Gasteiger partial charge in [-0.3, -0.25) is 9.80 Å². The number of hydrogen-bond donors (Lipinski definition) is 1. The lowest BCUT2D eigenvalue weighted by Crippen LogP contribution is -2.36. The highest BCUT2D eigenvalue weighted by Gasteiger charge is 2.28. The van der Waals surface area contributed by atoms with Crippen LogP contribution in [0.25, 0.3) is 0 Å². The van der Waals surface area contributed by atoms with Gasteiger partial charge in [0.05, 0.1) is 5.69 Å². The van der Waals surface area contributed by atoms with Crippen LogP contribution in [0.2, 0.25) is 0 Å². The molecule has 4 nitrogen and oxygen atoms in total. The molecule has 3 rings (SSSR count). The Hall–Kier alpha value is -1.26. The number of nitrogens with two attached hydrogens (primary N) is 1. The molecule has 0 bridgehead atoms. The molecule has 2 heterocycles. The minimum atomic E-state index is 0.723. The van der Waals surface area contributed by atoms with Crippen molar-refractivity contribution in [1.29, 1.82) is 0 Å². The van der Waals surface area contributed by atoms with Crippen LogP contribution >= 0.6 is 0 Å². The molecule has 0 radical (unpaired) electrons. The maximum absolute atomic E-state index is 5.87. The second-order valence-electron chi connectivity index (χ2n) is 5.87. The van der Waals surface area contributed by atoms with Crippen molar-refractivity contribution in [3.05, 3.63) is 24.3 Å². The van der Waals surface area contributed by atoms with Crippen molar-refractivity contribution in [3.8, 4) is 5.75 Å². The maximum Gasteiger partial charge on any atom is 0.142 e. The van der Waals surface area contributed by atoms with Crippen molar-refractivity contribution in [2.75, 3.05) is 45.1 Å². The van der Waals surface area contributed by atoms with Crippen molar-refractivity contribution in [2.24, 2.45) is 0 Å². The lowest BCUT2D eigenvalue weighted by Gasteiger charge is -2.23. The Bertz CT molecular complexity index is 431. The number of anilines is 1. The minimum Gasteiger partial charge on any atom is -0.490 e. The monoisotopic (exact) mass is 275 g/mol. The highest BCUT2D eigenvalue weighted by atomic mass is 16.5. The molecule has 2 saturated heterocycles.